The molecule has 0 radical (unpaired) electrons. The zero-order chi connectivity index (χ0) is 18.4. The van der Waals surface area contributed by atoms with E-state index >= 15 is 0 Å². The van der Waals surface area contributed by atoms with Crippen LogP contribution in [0.25, 0.3) is 0 Å². The average Bonchev–Trinajstić information content (AvgIpc) is 3.08. The Morgan fingerprint density at radius 2 is 1.88 bits per heavy atom. The van der Waals surface area contributed by atoms with Crippen LogP contribution >= 0.6 is 0 Å². The van der Waals surface area contributed by atoms with Crippen molar-refractivity contribution >= 4 is 11.9 Å². The molecule has 1 N–H and O–H groups in total. The van der Waals surface area contributed by atoms with Crippen molar-refractivity contribution in [3.8, 4) is 0 Å². The van der Waals surface area contributed by atoms with Gasteiger partial charge < -0.3 is 19.3 Å². The van der Waals surface area contributed by atoms with E-state index in [1.54, 1.807) is 38.1 Å². The van der Waals surface area contributed by atoms with Gasteiger partial charge in [0, 0.05) is 6.42 Å². The van der Waals surface area contributed by atoms with Crippen LogP contribution in [0.5, 0.6) is 0 Å². The number of benzene rings is 1. The van der Waals surface area contributed by atoms with Crippen LogP contribution in [-0.4, -0.2) is 42.5 Å². The molecule has 6 nitrogen and oxygen atoms in total. The third-order valence-corrected chi connectivity index (χ3v) is 4.52. The Labute approximate surface area is 148 Å². The standard InChI is InChI=1S/C19H26O6/c1-12(24-19(22)17(20)14-7-5-4-6-8-14)11-15-9-10-16(25-15)13(2)18(21)23-3/h4-8,12-13,15-17,20H,9-11H2,1-3H3/t12-,13+,15-,16-,17+/m1/s1. The lowest BCUT2D eigenvalue weighted by Gasteiger charge is -2.21. The summed E-state index contributed by atoms with van der Waals surface area (Å²) in [5.74, 6) is -1.26. The first-order valence-corrected chi connectivity index (χ1v) is 8.59. The van der Waals surface area contributed by atoms with Crippen molar-refractivity contribution in [1.29, 1.82) is 0 Å². The molecule has 0 aliphatic carbocycles. The Kier molecular flexibility index (Phi) is 6.96. The highest BCUT2D eigenvalue weighted by atomic mass is 16.6. The highest BCUT2D eigenvalue weighted by molar-refractivity contribution is 5.76. The van der Waals surface area contributed by atoms with Crippen LogP contribution < -0.4 is 0 Å². The van der Waals surface area contributed by atoms with E-state index in [9.17, 15) is 14.7 Å². The summed E-state index contributed by atoms with van der Waals surface area (Å²) in [5.41, 5.74) is 0.504. The fourth-order valence-electron chi connectivity index (χ4n) is 3.06. The third kappa shape index (κ3) is 5.28. The van der Waals surface area contributed by atoms with Gasteiger partial charge in [-0.1, -0.05) is 30.3 Å². The predicted molar refractivity (Wildman–Crippen MR) is 90.6 cm³/mol. The molecule has 1 fully saturated rings. The highest BCUT2D eigenvalue weighted by Gasteiger charge is 2.34. The van der Waals surface area contributed by atoms with Crippen LogP contribution in [0.15, 0.2) is 30.3 Å². The van der Waals surface area contributed by atoms with Crippen LogP contribution in [0.1, 0.15) is 44.8 Å². The molecule has 6 heteroatoms. The van der Waals surface area contributed by atoms with E-state index < -0.39 is 12.1 Å². The number of carbonyl (C=O) groups excluding carboxylic acids is 2. The summed E-state index contributed by atoms with van der Waals surface area (Å²) in [6.45, 7) is 3.56. The SMILES string of the molecule is COC(=O)[C@@H](C)[C@H]1CC[C@H](C[C@@H](C)OC(=O)[C@@H](O)c2ccccc2)O1. The van der Waals surface area contributed by atoms with Crippen LogP contribution in [0.2, 0.25) is 0 Å². The summed E-state index contributed by atoms with van der Waals surface area (Å²) < 4.78 is 16.0. The molecule has 0 bridgehead atoms. The van der Waals surface area contributed by atoms with Gasteiger partial charge in [0.1, 0.15) is 6.10 Å². The average molecular weight is 350 g/mol. The zero-order valence-electron chi connectivity index (χ0n) is 14.9. The number of hydrogen-bond acceptors (Lipinski definition) is 6. The maximum atomic E-state index is 12.1. The minimum Gasteiger partial charge on any atom is -0.469 e. The predicted octanol–water partition coefficient (Wildman–Crippen LogP) is 2.40. The third-order valence-electron chi connectivity index (χ3n) is 4.52. The van der Waals surface area contributed by atoms with Crippen molar-refractivity contribution in [3.05, 3.63) is 35.9 Å². The number of rotatable bonds is 7. The number of ether oxygens (including phenoxy) is 3. The lowest BCUT2D eigenvalue weighted by Crippen LogP contribution is -2.28. The molecule has 1 aromatic carbocycles. The van der Waals surface area contributed by atoms with Gasteiger partial charge in [-0.05, 0) is 32.3 Å². The van der Waals surface area contributed by atoms with Gasteiger partial charge in [0.15, 0.2) is 6.10 Å². The molecule has 138 valence electrons. The first-order valence-electron chi connectivity index (χ1n) is 8.59. The topological polar surface area (TPSA) is 82.1 Å². The van der Waals surface area contributed by atoms with Gasteiger partial charge in [-0.15, -0.1) is 0 Å². The van der Waals surface area contributed by atoms with Crippen molar-refractivity contribution in [3.63, 3.8) is 0 Å². The highest BCUT2D eigenvalue weighted by Crippen LogP contribution is 2.29. The lowest BCUT2D eigenvalue weighted by atomic mass is 10.0. The minimum atomic E-state index is -1.29. The Balaban J connectivity index is 1.80. The molecule has 0 unspecified atom stereocenters. The van der Waals surface area contributed by atoms with E-state index in [1.165, 1.54) is 7.11 Å². The van der Waals surface area contributed by atoms with Crippen LogP contribution in [-0.2, 0) is 23.8 Å². The molecule has 0 aromatic heterocycles. The van der Waals surface area contributed by atoms with E-state index in [4.69, 9.17) is 14.2 Å². The minimum absolute atomic E-state index is 0.0752. The van der Waals surface area contributed by atoms with Gasteiger partial charge in [-0.25, -0.2) is 4.79 Å². The van der Waals surface area contributed by atoms with Crippen molar-refractivity contribution in [2.45, 2.75) is 57.5 Å². The molecule has 25 heavy (non-hydrogen) atoms. The summed E-state index contributed by atoms with van der Waals surface area (Å²) in [6.07, 6.45) is 0.174. The second-order valence-corrected chi connectivity index (χ2v) is 6.48. The molecule has 1 heterocycles. The molecule has 1 aliphatic rings. The number of aliphatic hydroxyl groups excluding tert-OH is 1. The molecule has 5 atom stereocenters. The summed E-state index contributed by atoms with van der Waals surface area (Å²) in [4.78, 5) is 23.6. The quantitative estimate of drug-likeness (QED) is 0.761. The van der Waals surface area contributed by atoms with Crippen molar-refractivity contribution in [2.24, 2.45) is 5.92 Å². The molecule has 0 saturated carbocycles. The second-order valence-electron chi connectivity index (χ2n) is 6.48. The van der Waals surface area contributed by atoms with Gasteiger partial charge in [0.2, 0.25) is 0 Å². The molecule has 0 spiro atoms. The largest absolute Gasteiger partial charge is 0.469 e. The van der Waals surface area contributed by atoms with E-state index in [2.05, 4.69) is 0 Å². The monoisotopic (exact) mass is 350 g/mol. The van der Waals surface area contributed by atoms with Crippen LogP contribution in [0.4, 0.5) is 0 Å². The Hall–Kier alpha value is -1.92. The van der Waals surface area contributed by atoms with Gasteiger partial charge in [-0.3, -0.25) is 4.79 Å². The molecule has 0 amide bonds. The number of methoxy groups -OCH3 is 1. The lowest BCUT2D eigenvalue weighted by molar-refractivity contribution is -0.160. The molecular formula is C19H26O6. The maximum absolute atomic E-state index is 12.1. The molecule has 1 aromatic rings. The van der Waals surface area contributed by atoms with E-state index in [-0.39, 0.29) is 30.2 Å². The zero-order valence-corrected chi connectivity index (χ0v) is 14.9. The summed E-state index contributed by atoms with van der Waals surface area (Å²) in [5, 5.41) is 10.0. The summed E-state index contributed by atoms with van der Waals surface area (Å²) >= 11 is 0. The Morgan fingerprint density at radius 3 is 2.52 bits per heavy atom. The number of hydrogen-bond donors (Lipinski definition) is 1. The number of esters is 2. The maximum Gasteiger partial charge on any atom is 0.339 e. The normalized spacial score (nSPS) is 23.5. The number of carbonyl (C=O) groups is 2. The van der Waals surface area contributed by atoms with Crippen LogP contribution in [0, 0.1) is 5.92 Å². The van der Waals surface area contributed by atoms with Crippen molar-refractivity contribution < 1.29 is 28.9 Å². The summed E-state index contributed by atoms with van der Waals surface area (Å²) in [7, 11) is 1.37. The second kappa shape index (κ2) is 8.97. The van der Waals surface area contributed by atoms with E-state index in [1.807, 2.05) is 6.07 Å². The van der Waals surface area contributed by atoms with Gasteiger partial charge in [-0.2, -0.15) is 0 Å². The van der Waals surface area contributed by atoms with Gasteiger partial charge in [0.05, 0.1) is 25.2 Å². The Morgan fingerprint density at radius 1 is 1.20 bits per heavy atom. The van der Waals surface area contributed by atoms with Crippen molar-refractivity contribution in [2.75, 3.05) is 7.11 Å². The molecule has 1 saturated heterocycles. The van der Waals surface area contributed by atoms with Gasteiger partial charge >= 0.3 is 11.9 Å². The smallest absolute Gasteiger partial charge is 0.339 e. The first kappa shape index (κ1) is 19.4. The summed E-state index contributed by atoms with van der Waals surface area (Å²) in [6, 6.07) is 8.67. The van der Waals surface area contributed by atoms with Gasteiger partial charge in [0.25, 0.3) is 0 Å². The first-order chi connectivity index (χ1) is 11.9. The van der Waals surface area contributed by atoms with E-state index in [0.717, 1.165) is 12.8 Å². The van der Waals surface area contributed by atoms with Crippen LogP contribution in [0.3, 0.4) is 0 Å². The van der Waals surface area contributed by atoms with E-state index in [0.29, 0.717) is 12.0 Å². The molecular weight excluding hydrogens is 324 g/mol. The fourth-order valence-corrected chi connectivity index (χ4v) is 3.06. The molecule has 2 rings (SSSR count). The number of aliphatic hydroxyl groups is 1. The Bertz CT molecular complexity index is 573. The molecule has 1 aliphatic heterocycles. The fraction of sp³-hybridized carbons (Fsp3) is 0.579. The van der Waals surface area contributed by atoms with Crippen molar-refractivity contribution in [1.82, 2.24) is 0 Å².